The number of nitro groups is 1. The highest BCUT2D eigenvalue weighted by molar-refractivity contribution is 6.33. The number of nitrogens with zero attached hydrogens (tertiary/aromatic N) is 3. The molecule has 0 bridgehead atoms. The van der Waals surface area contributed by atoms with Crippen LogP contribution in [0.3, 0.4) is 0 Å². The number of non-ortho nitro benzene ring substituents is 1. The molecule has 1 atom stereocenters. The van der Waals surface area contributed by atoms with E-state index in [1.807, 2.05) is 20.8 Å². The maximum absolute atomic E-state index is 12.9. The van der Waals surface area contributed by atoms with E-state index in [1.54, 1.807) is 11.9 Å². The molecule has 0 spiro atoms. The van der Waals surface area contributed by atoms with Crippen LogP contribution in [0.1, 0.15) is 44.0 Å². The van der Waals surface area contributed by atoms with E-state index in [-0.39, 0.29) is 28.1 Å². The van der Waals surface area contributed by atoms with Crippen LogP contribution in [-0.4, -0.2) is 59.0 Å². The predicted octanol–water partition coefficient (Wildman–Crippen LogP) is 3.97. The maximum Gasteiger partial charge on any atom is 0.410 e. The Morgan fingerprint density at radius 3 is 2.68 bits per heavy atom. The summed E-state index contributed by atoms with van der Waals surface area (Å²) in [7, 11) is 1.67. The van der Waals surface area contributed by atoms with E-state index >= 15 is 0 Å². The molecule has 28 heavy (non-hydrogen) atoms. The Labute approximate surface area is 169 Å². The van der Waals surface area contributed by atoms with E-state index in [4.69, 9.17) is 16.3 Å². The number of carbonyl (C=O) groups is 2. The third-order valence-electron chi connectivity index (χ3n) is 4.43. The number of rotatable bonds is 4. The number of carbonyl (C=O) groups excluding carboxylic acids is 2. The number of amides is 2. The van der Waals surface area contributed by atoms with Crippen molar-refractivity contribution < 1.29 is 19.2 Å². The zero-order valence-electron chi connectivity index (χ0n) is 16.6. The fraction of sp³-hybridized carbons (Fsp3) is 0.579. The van der Waals surface area contributed by atoms with Crippen molar-refractivity contribution in [1.82, 2.24) is 9.80 Å². The van der Waals surface area contributed by atoms with Gasteiger partial charge >= 0.3 is 6.09 Å². The number of likely N-dealkylation sites (tertiary alicyclic amines) is 1. The number of piperidine rings is 1. The van der Waals surface area contributed by atoms with Gasteiger partial charge in [0, 0.05) is 38.8 Å². The first-order valence-electron chi connectivity index (χ1n) is 9.15. The third kappa shape index (κ3) is 5.82. The zero-order valence-corrected chi connectivity index (χ0v) is 17.4. The second kappa shape index (κ2) is 8.77. The Morgan fingerprint density at radius 2 is 2.07 bits per heavy atom. The van der Waals surface area contributed by atoms with Crippen molar-refractivity contribution in [3.8, 4) is 0 Å². The standard InChI is InChI=1S/C19H26ClN3O5/c1-19(2,3)28-18(25)21(4)11-13-6-5-9-22(12-13)17(24)15-10-14(23(26)27)7-8-16(15)20/h7-8,10,13H,5-6,9,11-12H2,1-4H3. The van der Waals surface area contributed by atoms with Crippen molar-refractivity contribution in [3.63, 3.8) is 0 Å². The summed E-state index contributed by atoms with van der Waals surface area (Å²) < 4.78 is 5.36. The molecule has 0 aromatic heterocycles. The van der Waals surface area contributed by atoms with Gasteiger partial charge in [-0.3, -0.25) is 14.9 Å². The summed E-state index contributed by atoms with van der Waals surface area (Å²) >= 11 is 6.10. The number of benzene rings is 1. The fourth-order valence-corrected chi connectivity index (χ4v) is 3.36. The molecule has 1 aliphatic heterocycles. The monoisotopic (exact) mass is 411 g/mol. The van der Waals surface area contributed by atoms with Crippen LogP contribution in [0.25, 0.3) is 0 Å². The van der Waals surface area contributed by atoms with Gasteiger partial charge in [0.05, 0.1) is 15.5 Å². The van der Waals surface area contributed by atoms with Crippen LogP contribution >= 0.6 is 11.6 Å². The molecule has 0 aliphatic carbocycles. The molecule has 0 N–H and O–H groups in total. The smallest absolute Gasteiger partial charge is 0.410 e. The third-order valence-corrected chi connectivity index (χ3v) is 4.76. The Morgan fingerprint density at radius 1 is 1.39 bits per heavy atom. The Kier molecular flexibility index (Phi) is 6.87. The van der Waals surface area contributed by atoms with Gasteiger partial charge in [0.15, 0.2) is 0 Å². The number of halogens is 1. The summed E-state index contributed by atoms with van der Waals surface area (Å²) in [4.78, 5) is 38.6. The summed E-state index contributed by atoms with van der Waals surface area (Å²) in [5.41, 5.74) is -0.624. The van der Waals surface area contributed by atoms with E-state index in [0.717, 1.165) is 12.8 Å². The number of ether oxygens (including phenoxy) is 1. The molecule has 8 nitrogen and oxygen atoms in total. The quantitative estimate of drug-likeness (QED) is 0.552. The molecule has 1 unspecified atom stereocenters. The molecule has 0 radical (unpaired) electrons. The molecule has 1 aromatic carbocycles. The second-order valence-electron chi connectivity index (χ2n) is 8.04. The lowest BCUT2D eigenvalue weighted by atomic mass is 9.97. The SMILES string of the molecule is CN(CC1CCCN(C(=O)c2cc([N+](=O)[O-])ccc2Cl)C1)C(=O)OC(C)(C)C. The van der Waals surface area contributed by atoms with Gasteiger partial charge in [0.25, 0.3) is 11.6 Å². The van der Waals surface area contributed by atoms with Gasteiger partial charge in [0.1, 0.15) is 5.60 Å². The Hall–Kier alpha value is -2.35. The number of hydrogen-bond acceptors (Lipinski definition) is 5. The molecular weight excluding hydrogens is 386 g/mol. The predicted molar refractivity (Wildman–Crippen MR) is 106 cm³/mol. The molecule has 154 valence electrons. The molecule has 1 fully saturated rings. The lowest BCUT2D eigenvalue weighted by Gasteiger charge is -2.35. The van der Waals surface area contributed by atoms with Crippen LogP contribution in [-0.2, 0) is 4.74 Å². The summed E-state index contributed by atoms with van der Waals surface area (Å²) in [5, 5.41) is 11.2. The van der Waals surface area contributed by atoms with Crippen molar-refractivity contribution in [2.24, 2.45) is 5.92 Å². The van der Waals surface area contributed by atoms with Crippen LogP contribution in [0, 0.1) is 16.0 Å². The largest absolute Gasteiger partial charge is 0.444 e. The van der Waals surface area contributed by atoms with E-state index in [0.29, 0.717) is 19.6 Å². The van der Waals surface area contributed by atoms with Gasteiger partial charge in [-0.2, -0.15) is 0 Å². The van der Waals surface area contributed by atoms with E-state index in [1.165, 1.54) is 23.1 Å². The minimum atomic E-state index is -0.571. The summed E-state index contributed by atoms with van der Waals surface area (Å²) in [6.45, 7) is 6.88. The van der Waals surface area contributed by atoms with Crippen molar-refractivity contribution in [2.75, 3.05) is 26.7 Å². The molecule has 2 rings (SSSR count). The molecule has 0 saturated carbocycles. The first-order chi connectivity index (χ1) is 13.0. The van der Waals surface area contributed by atoms with Crippen LogP contribution in [0.4, 0.5) is 10.5 Å². The average Bonchev–Trinajstić information content (AvgIpc) is 2.60. The van der Waals surface area contributed by atoms with Gasteiger partial charge in [-0.25, -0.2) is 4.79 Å². The minimum Gasteiger partial charge on any atom is -0.444 e. The van der Waals surface area contributed by atoms with E-state index in [9.17, 15) is 19.7 Å². The molecular formula is C19H26ClN3O5. The van der Waals surface area contributed by atoms with Crippen molar-refractivity contribution >= 4 is 29.3 Å². The first-order valence-corrected chi connectivity index (χ1v) is 9.53. The van der Waals surface area contributed by atoms with Crippen molar-refractivity contribution in [2.45, 2.75) is 39.2 Å². The minimum absolute atomic E-state index is 0.0905. The van der Waals surface area contributed by atoms with Gasteiger partial charge in [-0.05, 0) is 45.6 Å². The van der Waals surface area contributed by atoms with Crippen LogP contribution in [0.15, 0.2) is 18.2 Å². The van der Waals surface area contributed by atoms with E-state index < -0.39 is 16.6 Å². The summed E-state index contributed by atoms with van der Waals surface area (Å²) in [6, 6.07) is 3.85. The molecule has 2 amide bonds. The summed E-state index contributed by atoms with van der Waals surface area (Å²) in [5.74, 6) is -0.244. The lowest BCUT2D eigenvalue weighted by molar-refractivity contribution is -0.384. The summed E-state index contributed by atoms with van der Waals surface area (Å²) in [6.07, 6.45) is 1.25. The van der Waals surface area contributed by atoms with Crippen molar-refractivity contribution in [3.05, 3.63) is 38.9 Å². The first kappa shape index (κ1) is 21.9. The van der Waals surface area contributed by atoms with E-state index in [2.05, 4.69) is 0 Å². The van der Waals surface area contributed by atoms with Gasteiger partial charge < -0.3 is 14.5 Å². The van der Waals surface area contributed by atoms with Gasteiger partial charge in [-0.1, -0.05) is 11.6 Å². The van der Waals surface area contributed by atoms with Gasteiger partial charge in [0.2, 0.25) is 0 Å². The average molecular weight is 412 g/mol. The number of nitro benzene ring substituents is 1. The normalized spacial score (nSPS) is 17.2. The maximum atomic E-state index is 12.9. The molecule has 1 heterocycles. The second-order valence-corrected chi connectivity index (χ2v) is 8.45. The van der Waals surface area contributed by atoms with Crippen molar-refractivity contribution in [1.29, 1.82) is 0 Å². The van der Waals surface area contributed by atoms with Crippen LogP contribution < -0.4 is 0 Å². The molecule has 1 aliphatic rings. The highest BCUT2D eigenvalue weighted by atomic mass is 35.5. The van der Waals surface area contributed by atoms with Crippen LogP contribution in [0.5, 0.6) is 0 Å². The van der Waals surface area contributed by atoms with Gasteiger partial charge in [-0.15, -0.1) is 0 Å². The highest BCUT2D eigenvalue weighted by Gasteiger charge is 2.29. The molecule has 9 heteroatoms. The van der Waals surface area contributed by atoms with Crippen LogP contribution in [0.2, 0.25) is 5.02 Å². The Bertz CT molecular complexity index is 762. The Balaban J connectivity index is 2.05. The number of hydrogen-bond donors (Lipinski definition) is 0. The highest BCUT2D eigenvalue weighted by Crippen LogP contribution is 2.26. The topological polar surface area (TPSA) is 93.0 Å². The zero-order chi connectivity index (χ0) is 21.1. The fourth-order valence-electron chi connectivity index (χ4n) is 3.16. The molecule has 1 aromatic rings. The lowest BCUT2D eigenvalue weighted by Crippen LogP contribution is -2.45. The molecule has 1 saturated heterocycles.